The molecule has 5 nitrogen and oxygen atoms in total. The van der Waals surface area contributed by atoms with Crippen LogP contribution in [0.4, 0.5) is 4.79 Å². The molecule has 78 valence electrons. The van der Waals surface area contributed by atoms with Crippen molar-refractivity contribution in [2.24, 2.45) is 0 Å². The number of carbonyl (C=O) groups is 2. The molecule has 1 aliphatic heterocycles. The Balaban J connectivity index is 2.68. The smallest absolute Gasteiger partial charge is 0.316 e. The third-order valence-corrected chi connectivity index (χ3v) is 2.25. The molecule has 1 fully saturated rings. The summed E-state index contributed by atoms with van der Waals surface area (Å²) >= 11 is 0. The highest BCUT2D eigenvalue weighted by atomic mass is 16.2. The number of urea groups is 1. The van der Waals surface area contributed by atoms with Crippen LogP contribution in [-0.4, -0.2) is 24.1 Å². The van der Waals surface area contributed by atoms with E-state index in [1.54, 1.807) is 6.92 Å². The predicted octanol–water partition coefficient (Wildman–Crippen LogP) is 0.0978. The Kier molecular flexibility index (Phi) is 2.78. The van der Waals surface area contributed by atoms with Gasteiger partial charge in [-0.15, -0.1) is 0 Å². The Morgan fingerprint density at radius 3 is 2.71 bits per heavy atom. The van der Waals surface area contributed by atoms with Gasteiger partial charge in [0.05, 0.1) is 6.54 Å². The largest absolute Gasteiger partial charge is 0.334 e. The molecule has 0 spiro atoms. The summed E-state index contributed by atoms with van der Waals surface area (Å²) in [5, 5.41) is 8.03. The summed E-state index contributed by atoms with van der Waals surface area (Å²) in [4.78, 5) is 22.4. The second-order valence-electron chi connectivity index (χ2n) is 3.48. The monoisotopic (exact) mass is 197 g/mol. The molecular formula is C9H15N3O2. The van der Waals surface area contributed by atoms with Crippen molar-refractivity contribution in [3.05, 3.63) is 12.2 Å². The lowest BCUT2D eigenvalue weighted by Crippen LogP contribution is -2.57. The van der Waals surface area contributed by atoms with Crippen molar-refractivity contribution >= 4 is 11.9 Å². The number of amides is 3. The maximum atomic E-state index is 11.4. The van der Waals surface area contributed by atoms with Crippen LogP contribution in [0.25, 0.3) is 0 Å². The number of rotatable bonds is 3. The van der Waals surface area contributed by atoms with E-state index in [1.807, 2.05) is 6.92 Å². The summed E-state index contributed by atoms with van der Waals surface area (Å²) in [6, 6.07) is -0.256. The molecule has 1 aliphatic rings. The van der Waals surface area contributed by atoms with Crippen LogP contribution in [-0.2, 0) is 4.79 Å². The first-order valence-electron chi connectivity index (χ1n) is 4.53. The minimum absolute atomic E-state index is 0.240. The molecule has 3 N–H and O–H groups in total. The number of carbonyl (C=O) groups excluding carboxylic acids is 2. The Labute approximate surface area is 82.9 Å². The first-order chi connectivity index (χ1) is 6.49. The van der Waals surface area contributed by atoms with E-state index in [2.05, 4.69) is 22.5 Å². The van der Waals surface area contributed by atoms with E-state index in [-0.39, 0.29) is 11.9 Å². The summed E-state index contributed by atoms with van der Waals surface area (Å²) in [7, 11) is 0. The van der Waals surface area contributed by atoms with E-state index >= 15 is 0 Å². The third kappa shape index (κ3) is 2.04. The van der Waals surface area contributed by atoms with Crippen LogP contribution in [0.15, 0.2) is 12.2 Å². The molecule has 0 aliphatic carbocycles. The minimum atomic E-state index is -0.660. The van der Waals surface area contributed by atoms with Gasteiger partial charge in [0.2, 0.25) is 5.91 Å². The second-order valence-corrected chi connectivity index (χ2v) is 3.48. The fourth-order valence-electron chi connectivity index (χ4n) is 1.24. The van der Waals surface area contributed by atoms with E-state index in [9.17, 15) is 9.59 Å². The summed E-state index contributed by atoms with van der Waals surface area (Å²) in [5.74, 6) is -0.240. The molecule has 1 unspecified atom stereocenters. The molecule has 1 rings (SSSR count). The van der Waals surface area contributed by atoms with Crippen LogP contribution in [0, 0.1) is 0 Å². The van der Waals surface area contributed by atoms with Crippen LogP contribution in [0.2, 0.25) is 0 Å². The Bertz CT molecular complexity index is 288. The van der Waals surface area contributed by atoms with Gasteiger partial charge in [0.1, 0.15) is 5.66 Å². The van der Waals surface area contributed by atoms with E-state index < -0.39 is 5.66 Å². The molecule has 1 saturated heterocycles. The normalized spacial score (nSPS) is 25.1. The van der Waals surface area contributed by atoms with Crippen LogP contribution in [0.3, 0.4) is 0 Å². The van der Waals surface area contributed by atoms with Crippen LogP contribution >= 0.6 is 0 Å². The van der Waals surface area contributed by atoms with Gasteiger partial charge in [-0.25, -0.2) is 4.79 Å². The second kappa shape index (κ2) is 3.69. The fraction of sp³-hybridized carbons (Fsp3) is 0.556. The average molecular weight is 197 g/mol. The van der Waals surface area contributed by atoms with E-state index in [1.165, 1.54) is 0 Å². The molecule has 0 aromatic carbocycles. The molecule has 1 heterocycles. The highest BCUT2D eigenvalue weighted by Crippen LogP contribution is 2.10. The van der Waals surface area contributed by atoms with Gasteiger partial charge < -0.3 is 16.0 Å². The maximum absolute atomic E-state index is 11.4. The van der Waals surface area contributed by atoms with Crippen molar-refractivity contribution in [1.82, 2.24) is 16.0 Å². The predicted molar refractivity (Wildman–Crippen MR) is 52.5 cm³/mol. The molecule has 0 saturated carbocycles. The molecule has 3 amide bonds. The highest BCUT2D eigenvalue weighted by Gasteiger charge is 2.37. The van der Waals surface area contributed by atoms with Crippen LogP contribution in [0.5, 0.6) is 0 Å². The molecular weight excluding hydrogens is 182 g/mol. The first kappa shape index (κ1) is 10.6. The standard InChI is InChI=1S/C9H15N3O2/c1-4-9(5-10-8(14)12-9)11-7(13)6(2)3/h2,4-5H2,1,3H3,(H,11,13)(H2,10,12,14). The van der Waals surface area contributed by atoms with Gasteiger partial charge in [0.15, 0.2) is 0 Å². The van der Waals surface area contributed by atoms with Crippen molar-refractivity contribution in [2.75, 3.05) is 6.54 Å². The zero-order chi connectivity index (χ0) is 10.8. The van der Waals surface area contributed by atoms with Gasteiger partial charge >= 0.3 is 6.03 Å². The van der Waals surface area contributed by atoms with Crippen molar-refractivity contribution in [1.29, 1.82) is 0 Å². The van der Waals surface area contributed by atoms with Gasteiger partial charge in [-0.3, -0.25) is 4.79 Å². The van der Waals surface area contributed by atoms with Crippen molar-refractivity contribution in [3.8, 4) is 0 Å². The summed E-state index contributed by atoms with van der Waals surface area (Å²) in [6.07, 6.45) is 0.630. The maximum Gasteiger partial charge on any atom is 0.316 e. The summed E-state index contributed by atoms with van der Waals surface area (Å²) < 4.78 is 0. The topological polar surface area (TPSA) is 70.2 Å². The van der Waals surface area contributed by atoms with Gasteiger partial charge in [0.25, 0.3) is 0 Å². The molecule has 0 radical (unpaired) electrons. The first-order valence-corrected chi connectivity index (χ1v) is 4.53. The number of hydrogen-bond acceptors (Lipinski definition) is 2. The van der Waals surface area contributed by atoms with Gasteiger partial charge in [0, 0.05) is 5.57 Å². The quantitative estimate of drug-likeness (QED) is 0.561. The molecule has 1 atom stereocenters. The molecule has 14 heavy (non-hydrogen) atoms. The van der Waals surface area contributed by atoms with E-state index in [0.29, 0.717) is 18.5 Å². The highest BCUT2D eigenvalue weighted by molar-refractivity contribution is 5.93. The van der Waals surface area contributed by atoms with Crippen molar-refractivity contribution in [2.45, 2.75) is 25.9 Å². The zero-order valence-corrected chi connectivity index (χ0v) is 8.44. The summed E-state index contributed by atoms with van der Waals surface area (Å²) in [5.41, 5.74) is -0.230. The fourth-order valence-corrected chi connectivity index (χ4v) is 1.24. The Morgan fingerprint density at radius 1 is 1.71 bits per heavy atom. The van der Waals surface area contributed by atoms with Gasteiger partial charge in [-0.05, 0) is 13.3 Å². The Hall–Kier alpha value is -1.52. The van der Waals surface area contributed by atoms with Gasteiger partial charge in [-0.2, -0.15) is 0 Å². The average Bonchev–Trinajstić information content (AvgIpc) is 2.48. The number of hydrogen-bond donors (Lipinski definition) is 3. The molecule has 0 aromatic heterocycles. The molecule has 5 heteroatoms. The number of nitrogens with one attached hydrogen (secondary N) is 3. The minimum Gasteiger partial charge on any atom is -0.334 e. The van der Waals surface area contributed by atoms with Gasteiger partial charge in [-0.1, -0.05) is 13.5 Å². The Morgan fingerprint density at radius 2 is 2.36 bits per heavy atom. The SMILES string of the molecule is C=C(C)C(=O)NC1(CC)CNC(=O)N1. The zero-order valence-electron chi connectivity index (χ0n) is 8.44. The van der Waals surface area contributed by atoms with E-state index in [0.717, 1.165) is 0 Å². The lowest BCUT2D eigenvalue weighted by molar-refractivity contribution is -0.119. The van der Waals surface area contributed by atoms with Crippen LogP contribution < -0.4 is 16.0 Å². The van der Waals surface area contributed by atoms with Crippen molar-refractivity contribution in [3.63, 3.8) is 0 Å². The van der Waals surface area contributed by atoms with Crippen molar-refractivity contribution < 1.29 is 9.59 Å². The summed E-state index contributed by atoms with van der Waals surface area (Å²) in [6.45, 7) is 7.46. The molecule has 0 bridgehead atoms. The molecule has 0 aromatic rings. The van der Waals surface area contributed by atoms with Crippen LogP contribution in [0.1, 0.15) is 20.3 Å². The lowest BCUT2D eigenvalue weighted by Gasteiger charge is -2.27. The third-order valence-electron chi connectivity index (χ3n) is 2.25. The lowest BCUT2D eigenvalue weighted by atomic mass is 10.1. The van der Waals surface area contributed by atoms with E-state index in [4.69, 9.17) is 0 Å².